The second-order valence-electron chi connectivity index (χ2n) is 5.99. The van der Waals surface area contributed by atoms with Crippen LogP contribution < -0.4 is 19.5 Å². The Morgan fingerprint density at radius 1 is 1.00 bits per heavy atom. The summed E-state index contributed by atoms with van der Waals surface area (Å²) >= 11 is 0. The van der Waals surface area contributed by atoms with Gasteiger partial charge in [-0.3, -0.25) is 0 Å². The van der Waals surface area contributed by atoms with E-state index in [1.165, 1.54) is 0 Å². The van der Waals surface area contributed by atoms with Gasteiger partial charge in [-0.15, -0.1) is 0 Å². The molecular weight excluding hydrogens is 318 g/mol. The lowest BCUT2D eigenvalue weighted by molar-refractivity contribution is -0.661. The third-order valence-electron chi connectivity index (χ3n) is 4.22. The van der Waals surface area contributed by atoms with Crippen LogP contribution in [0.1, 0.15) is 22.8 Å². The van der Waals surface area contributed by atoms with Crippen molar-refractivity contribution in [2.45, 2.75) is 19.4 Å². The topological polar surface area (TPSA) is 64.5 Å². The SMILES string of the molecule is COc1ccc(CC[NH2+]C[C@@H](O)c2cccc(C)c2)c(OC)c1OC. The van der Waals surface area contributed by atoms with Crippen molar-refractivity contribution in [2.24, 2.45) is 0 Å². The van der Waals surface area contributed by atoms with Crippen LogP contribution in [0.2, 0.25) is 0 Å². The highest BCUT2D eigenvalue weighted by Gasteiger charge is 2.16. The molecule has 0 amide bonds. The van der Waals surface area contributed by atoms with Crippen LogP contribution >= 0.6 is 0 Å². The number of benzene rings is 2. The Labute approximate surface area is 149 Å². The van der Waals surface area contributed by atoms with Gasteiger partial charge in [-0.1, -0.05) is 35.9 Å². The molecule has 0 saturated carbocycles. The lowest BCUT2D eigenvalue weighted by Gasteiger charge is -2.15. The molecule has 0 aliphatic rings. The monoisotopic (exact) mass is 346 g/mol. The molecule has 5 heteroatoms. The van der Waals surface area contributed by atoms with Crippen LogP contribution in [0.25, 0.3) is 0 Å². The Morgan fingerprint density at radius 3 is 2.40 bits per heavy atom. The fraction of sp³-hybridized carbons (Fsp3) is 0.400. The molecule has 0 aliphatic heterocycles. The lowest BCUT2D eigenvalue weighted by Crippen LogP contribution is -2.85. The Bertz CT molecular complexity index is 687. The van der Waals surface area contributed by atoms with E-state index in [0.717, 1.165) is 29.7 Å². The van der Waals surface area contributed by atoms with Gasteiger partial charge >= 0.3 is 0 Å². The maximum absolute atomic E-state index is 10.3. The summed E-state index contributed by atoms with van der Waals surface area (Å²) in [5, 5.41) is 12.4. The number of aryl methyl sites for hydroxylation is 1. The highest BCUT2D eigenvalue weighted by atomic mass is 16.5. The fourth-order valence-electron chi connectivity index (χ4n) is 2.91. The van der Waals surface area contributed by atoms with Gasteiger partial charge < -0.3 is 24.6 Å². The van der Waals surface area contributed by atoms with E-state index in [4.69, 9.17) is 14.2 Å². The van der Waals surface area contributed by atoms with Gasteiger partial charge in [0.15, 0.2) is 11.5 Å². The second kappa shape index (κ2) is 9.30. The second-order valence-corrected chi connectivity index (χ2v) is 5.99. The zero-order valence-corrected chi connectivity index (χ0v) is 15.4. The highest BCUT2D eigenvalue weighted by Crippen LogP contribution is 2.39. The van der Waals surface area contributed by atoms with Crippen molar-refractivity contribution in [1.29, 1.82) is 0 Å². The number of nitrogens with two attached hydrogens (primary N) is 1. The molecule has 136 valence electrons. The summed E-state index contributed by atoms with van der Waals surface area (Å²) in [6, 6.07) is 11.9. The summed E-state index contributed by atoms with van der Waals surface area (Å²) in [4.78, 5) is 0. The normalized spacial score (nSPS) is 11.9. The van der Waals surface area contributed by atoms with Crippen molar-refractivity contribution in [1.82, 2.24) is 0 Å². The molecule has 0 aromatic heterocycles. The Hall–Kier alpha value is -2.24. The van der Waals surface area contributed by atoms with E-state index in [1.54, 1.807) is 21.3 Å². The van der Waals surface area contributed by atoms with Crippen LogP contribution in [0, 0.1) is 6.92 Å². The first-order valence-corrected chi connectivity index (χ1v) is 8.44. The molecule has 25 heavy (non-hydrogen) atoms. The summed E-state index contributed by atoms with van der Waals surface area (Å²) in [7, 11) is 4.85. The molecule has 2 aromatic carbocycles. The lowest BCUT2D eigenvalue weighted by atomic mass is 10.1. The van der Waals surface area contributed by atoms with Gasteiger partial charge in [0.25, 0.3) is 0 Å². The van der Waals surface area contributed by atoms with Crippen molar-refractivity contribution >= 4 is 0 Å². The molecule has 2 rings (SSSR count). The van der Waals surface area contributed by atoms with E-state index in [2.05, 4.69) is 5.32 Å². The minimum Gasteiger partial charge on any atom is -0.493 e. The van der Waals surface area contributed by atoms with Crippen LogP contribution in [-0.4, -0.2) is 39.5 Å². The summed E-state index contributed by atoms with van der Waals surface area (Å²) in [6.07, 6.45) is 0.344. The standard InChI is InChI=1S/C20H27NO4/c1-14-6-5-7-16(12-14)17(22)13-21-11-10-15-8-9-18(23-2)20(25-4)19(15)24-3/h5-9,12,17,21-22H,10-11,13H2,1-4H3/p+1/t17-/m1/s1. The summed E-state index contributed by atoms with van der Waals surface area (Å²) in [6.45, 7) is 3.50. The minimum atomic E-state index is -0.466. The third kappa shape index (κ3) is 4.87. The summed E-state index contributed by atoms with van der Waals surface area (Å²) < 4.78 is 16.2. The largest absolute Gasteiger partial charge is 0.493 e. The fourth-order valence-corrected chi connectivity index (χ4v) is 2.91. The van der Waals surface area contributed by atoms with Crippen LogP contribution in [0.4, 0.5) is 0 Å². The Balaban J connectivity index is 1.93. The zero-order chi connectivity index (χ0) is 18.2. The van der Waals surface area contributed by atoms with E-state index in [-0.39, 0.29) is 0 Å². The molecule has 3 N–H and O–H groups in total. The molecule has 1 atom stereocenters. The number of aliphatic hydroxyl groups is 1. The van der Waals surface area contributed by atoms with Gasteiger partial charge in [-0.05, 0) is 18.6 Å². The number of rotatable bonds is 9. The first-order chi connectivity index (χ1) is 12.1. The first kappa shape index (κ1) is 19.1. The van der Waals surface area contributed by atoms with Crippen molar-refractivity contribution in [3.63, 3.8) is 0 Å². The van der Waals surface area contributed by atoms with E-state index in [9.17, 15) is 5.11 Å². The van der Waals surface area contributed by atoms with Crippen LogP contribution in [-0.2, 0) is 6.42 Å². The smallest absolute Gasteiger partial charge is 0.203 e. The van der Waals surface area contributed by atoms with Gasteiger partial charge in [0, 0.05) is 12.0 Å². The van der Waals surface area contributed by atoms with Gasteiger partial charge in [0.2, 0.25) is 5.75 Å². The van der Waals surface area contributed by atoms with Crippen molar-refractivity contribution in [3.05, 3.63) is 53.1 Å². The van der Waals surface area contributed by atoms with Crippen LogP contribution in [0.15, 0.2) is 36.4 Å². The molecular formula is C20H28NO4+. The molecule has 2 aromatic rings. The van der Waals surface area contributed by atoms with Crippen molar-refractivity contribution in [2.75, 3.05) is 34.4 Å². The maximum Gasteiger partial charge on any atom is 0.203 e. The minimum absolute atomic E-state index is 0.466. The molecule has 0 heterocycles. The quantitative estimate of drug-likeness (QED) is 0.680. The summed E-state index contributed by atoms with van der Waals surface area (Å²) in [5.74, 6) is 1.97. The van der Waals surface area contributed by atoms with Crippen molar-refractivity contribution in [3.8, 4) is 17.2 Å². The molecule has 5 nitrogen and oxygen atoms in total. The number of quaternary nitrogens is 1. The highest BCUT2D eigenvalue weighted by molar-refractivity contribution is 5.55. The zero-order valence-electron chi connectivity index (χ0n) is 15.4. The first-order valence-electron chi connectivity index (χ1n) is 8.44. The average molecular weight is 346 g/mol. The number of hydrogen-bond donors (Lipinski definition) is 2. The Morgan fingerprint density at radius 2 is 1.76 bits per heavy atom. The third-order valence-corrected chi connectivity index (χ3v) is 4.22. The van der Waals surface area contributed by atoms with Crippen LogP contribution in [0.3, 0.4) is 0 Å². The van der Waals surface area contributed by atoms with Gasteiger partial charge in [-0.2, -0.15) is 0 Å². The van der Waals surface area contributed by atoms with E-state index >= 15 is 0 Å². The van der Waals surface area contributed by atoms with Gasteiger partial charge in [-0.25, -0.2) is 0 Å². The predicted molar refractivity (Wildman–Crippen MR) is 97.6 cm³/mol. The molecule has 0 fully saturated rings. The van der Waals surface area contributed by atoms with E-state index < -0.39 is 6.10 Å². The summed E-state index contributed by atoms with van der Waals surface area (Å²) in [5.41, 5.74) is 3.17. The number of ether oxygens (including phenoxy) is 3. The molecule has 0 saturated heterocycles. The molecule has 0 aliphatic carbocycles. The molecule has 0 unspecified atom stereocenters. The Kier molecular flexibility index (Phi) is 7.10. The van der Waals surface area contributed by atoms with E-state index in [0.29, 0.717) is 23.8 Å². The molecule has 0 spiro atoms. The van der Waals surface area contributed by atoms with Crippen LogP contribution in [0.5, 0.6) is 17.2 Å². The van der Waals surface area contributed by atoms with Crippen molar-refractivity contribution < 1.29 is 24.6 Å². The number of hydrogen-bond acceptors (Lipinski definition) is 4. The maximum atomic E-state index is 10.3. The van der Waals surface area contributed by atoms with Gasteiger partial charge in [0.1, 0.15) is 12.6 Å². The average Bonchev–Trinajstić information content (AvgIpc) is 2.64. The van der Waals surface area contributed by atoms with Gasteiger partial charge in [0.05, 0.1) is 27.9 Å². The molecule has 0 radical (unpaired) electrons. The predicted octanol–water partition coefficient (Wildman–Crippen LogP) is 1.86. The number of methoxy groups -OCH3 is 3. The molecule has 0 bridgehead atoms. The number of aliphatic hydroxyl groups excluding tert-OH is 1. The van der Waals surface area contributed by atoms with E-state index in [1.807, 2.05) is 43.3 Å².